The first-order valence-electron chi connectivity index (χ1n) is 17.3. The van der Waals surface area contributed by atoms with Crippen molar-refractivity contribution in [3.05, 3.63) is 175 Å². The van der Waals surface area contributed by atoms with E-state index in [-0.39, 0.29) is 5.41 Å². The Hall–Kier alpha value is -6.32. The van der Waals surface area contributed by atoms with Gasteiger partial charge in [0.1, 0.15) is 0 Å². The van der Waals surface area contributed by atoms with Crippen LogP contribution in [0.1, 0.15) is 25.0 Å². The molecule has 50 heavy (non-hydrogen) atoms. The van der Waals surface area contributed by atoms with Gasteiger partial charge < -0.3 is 4.57 Å². The van der Waals surface area contributed by atoms with Crippen LogP contribution in [-0.2, 0) is 5.41 Å². The van der Waals surface area contributed by atoms with E-state index in [9.17, 15) is 0 Å². The standard InChI is InChI=1S/C47H33N3/c1-47(2)38-24-11-9-21-35(38)36-27-28-39-43(44(36)47)45(30-15-5-3-6-16-30)49-46(48-39)32-18-13-17-31(29-32)34-23-14-26-41-42(34)37-22-10-12-25-40(37)50(41)33-19-7-4-8-20-33/h3-29H,1-2H3. The number of fused-ring (bicyclic) bond motifs is 8. The van der Waals surface area contributed by atoms with E-state index in [1.165, 1.54) is 49.6 Å². The minimum Gasteiger partial charge on any atom is -0.309 e. The van der Waals surface area contributed by atoms with Crippen LogP contribution >= 0.6 is 0 Å². The fourth-order valence-corrected chi connectivity index (χ4v) is 8.37. The first kappa shape index (κ1) is 28.7. The van der Waals surface area contributed by atoms with Gasteiger partial charge in [0.15, 0.2) is 5.82 Å². The first-order valence-corrected chi connectivity index (χ1v) is 17.3. The molecule has 0 saturated carbocycles. The Balaban J connectivity index is 1.19. The van der Waals surface area contributed by atoms with Crippen molar-refractivity contribution >= 4 is 32.7 Å². The predicted octanol–water partition coefficient (Wildman–Crippen LogP) is 12.0. The van der Waals surface area contributed by atoms with Crippen molar-refractivity contribution in [3.63, 3.8) is 0 Å². The van der Waals surface area contributed by atoms with E-state index in [0.717, 1.165) is 44.8 Å². The highest BCUT2D eigenvalue weighted by atomic mass is 15.0. The molecule has 2 aromatic heterocycles. The molecule has 3 heteroatoms. The van der Waals surface area contributed by atoms with Crippen LogP contribution in [0.2, 0.25) is 0 Å². The molecule has 0 radical (unpaired) electrons. The molecule has 7 aromatic carbocycles. The third-order valence-corrected chi connectivity index (χ3v) is 10.6. The normalized spacial score (nSPS) is 13.2. The van der Waals surface area contributed by atoms with E-state index in [1.54, 1.807) is 0 Å². The van der Waals surface area contributed by atoms with Crippen molar-refractivity contribution in [2.24, 2.45) is 0 Å². The number of hydrogen-bond acceptors (Lipinski definition) is 2. The molecule has 0 amide bonds. The van der Waals surface area contributed by atoms with Crippen molar-refractivity contribution in [2.45, 2.75) is 19.3 Å². The number of para-hydroxylation sites is 2. The van der Waals surface area contributed by atoms with E-state index in [1.807, 2.05) is 0 Å². The molecule has 10 rings (SSSR count). The van der Waals surface area contributed by atoms with Gasteiger partial charge in [-0.15, -0.1) is 0 Å². The Morgan fingerprint density at radius 2 is 1.14 bits per heavy atom. The number of aromatic nitrogens is 3. The molecule has 1 aliphatic rings. The summed E-state index contributed by atoms with van der Waals surface area (Å²) in [7, 11) is 0. The van der Waals surface area contributed by atoms with E-state index in [4.69, 9.17) is 9.97 Å². The van der Waals surface area contributed by atoms with E-state index < -0.39 is 0 Å². The summed E-state index contributed by atoms with van der Waals surface area (Å²) in [6, 6.07) is 58.5. The zero-order valence-corrected chi connectivity index (χ0v) is 27.9. The zero-order valence-electron chi connectivity index (χ0n) is 27.9. The molecule has 0 saturated heterocycles. The first-order chi connectivity index (χ1) is 24.6. The summed E-state index contributed by atoms with van der Waals surface area (Å²) in [5, 5.41) is 3.61. The largest absolute Gasteiger partial charge is 0.309 e. The fourth-order valence-electron chi connectivity index (χ4n) is 8.37. The Bertz CT molecular complexity index is 2770. The Kier molecular flexibility index (Phi) is 6.22. The quantitative estimate of drug-likeness (QED) is 0.192. The lowest BCUT2D eigenvalue weighted by atomic mass is 9.80. The number of hydrogen-bond donors (Lipinski definition) is 0. The highest BCUT2D eigenvalue weighted by Crippen LogP contribution is 2.52. The summed E-state index contributed by atoms with van der Waals surface area (Å²) in [6.45, 7) is 4.66. The van der Waals surface area contributed by atoms with Crippen LogP contribution in [0.3, 0.4) is 0 Å². The maximum absolute atomic E-state index is 5.42. The van der Waals surface area contributed by atoms with Gasteiger partial charge in [0, 0.05) is 38.4 Å². The molecule has 0 fully saturated rings. The molecule has 9 aromatic rings. The minimum absolute atomic E-state index is 0.183. The van der Waals surface area contributed by atoms with Gasteiger partial charge in [-0.05, 0) is 69.8 Å². The van der Waals surface area contributed by atoms with Crippen LogP contribution in [-0.4, -0.2) is 14.5 Å². The van der Waals surface area contributed by atoms with Gasteiger partial charge >= 0.3 is 0 Å². The number of rotatable bonds is 4. The maximum Gasteiger partial charge on any atom is 0.160 e. The highest BCUT2D eigenvalue weighted by Gasteiger charge is 2.38. The van der Waals surface area contributed by atoms with Crippen molar-refractivity contribution in [2.75, 3.05) is 0 Å². The third-order valence-electron chi connectivity index (χ3n) is 10.6. The topological polar surface area (TPSA) is 30.7 Å². The molecule has 0 bridgehead atoms. The highest BCUT2D eigenvalue weighted by molar-refractivity contribution is 6.16. The second kappa shape index (κ2) is 10.8. The lowest BCUT2D eigenvalue weighted by Crippen LogP contribution is -2.16. The summed E-state index contributed by atoms with van der Waals surface area (Å²) >= 11 is 0. The molecule has 1 aliphatic carbocycles. The Morgan fingerprint density at radius 3 is 2.00 bits per heavy atom. The van der Waals surface area contributed by atoms with Gasteiger partial charge in [-0.1, -0.05) is 141 Å². The lowest BCUT2D eigenvalue weighted by molar-refractivity contribution is 0.666. The van der Waals surface area contributed by atoms with Crippen molar-refractivity contribution in [1.29, 1.82) is 0 Å². The molecule has 236 valence electrons. The molecular weight excluding hydrogens is 607 g/mol. The zero-order chi connectivity index (χ0) is 33.4. The van der Waals surface area contributed by atoms with Gasteiger partial charge in [0.2, 0.25) is 0 Å². The van der Waals surface area contributed by atoms with Crippen LogP contribution in [0, 0.1) is 0 Å². The Morgan fingerprint density at radius 1 is 0.480 bits per heavy atom. The second-order valence-electron chi connectivity index (χ2n) is 13.8. The smallest absolute Gasteiger partial charge is 0.160 e. The average molecular weight is 640 g/mol. The third kappa shape index (κ3) is 4.17. The van der Waals surface area contributed by atoms with Gasteiger partial charge in [-0.25, -0.2) is 9.97 Å². The van der Waals surface area contributed by atoms with Gasteiger partial charge in [0.25, 0.3) is 0 Å². The van der Waals surface area contributed by atoms with Crippen LogP contribution in [0.15, 0.2) is 164 Å². The molecule has 0 N–H and O–H groups in total. The molecule has 0 unspecified atom stereocenters. The maximum atomic E-state index is 5.42. The molecule has 0 spiro atoms. The SMILES string of the molecule is CC1(C)c2ccccc2-c2ccc3nc(-c4cccc(-c5cccc6c5c5ccccc5n6-c5ccccc5)c4)nc(-c4ccccc4)c3c21. The summed E-state index contributed by atoms with van der Waals surface area (Å²) in [5.41, 5.74) is 14.9. The Labute approximate surface area is 291 Å². The molecular formula is C47H33N3. The molecule has 0 aliphatic heterocycles. The van der Waals surface area contributed by atoms with Crippen LogP contribution in [0.5, 0.6) is 0 Å². The summed E-state index contributed by atoms with van der Waals surface area (Å²) in [6.07, 6.45) is 0. The van der Waals surface area contributed by atoms with E-state index in [2.05, 4.69) is 182 Å². The summed E-state index contributed by atoms with van der Waals surface area (Å²) in [5.74, 6) is 0.727. The minimum atomic E-state index is -0.183. The molecule has 3 nitrogen and oxygen atoms in total. The monoisotopic (exact) mass is 639 g/mol. The van der Waals surface area contributed by atoms with Crippen LogP contribution in [0.25, 0.3) is 83.3 Å². The van der Waals surface area contributed by atoms with Crippen molar-refractivity contribution in [3.8, 4) is 50.6 Å². The van der Waals surface area contributed by atoms with Crippen molar-refractivity contribution < 1.29 is 0 Å². The van der Waals surface area contributed by atoms with Crippen LogP contribution < -0.4 is 0 Å². The van der Waals surface area contributed by atoms with Gasteiger partial charge in [-0.3, -0.25) is 0 Å². The number of nitrogens with zero attached hydrogens (tertiary/aromatic N) is 3. The van der Waals surface area contributed by atoms with E-state index in [0.29, 0.717) is 0 Å². The average Bonchev–Trinajstić information content (AvgIpc) is 3.64. The van der Waals surface area contributed by atoms with Crippen molar-refractivity contribution in [1.82, 2.24) is 14.5 Å². The van der Waals surface area contributed by atoms with E-state index >= 15 is 0 Å². The number of benzene rings is 7. The second-order valence-corrected chi connectivity index (χ2v) is 13.8. The fraction of sp³-hybridized carbons (Fsp3) is 0.0638. The summed E-state index contributed by atoms with van der Waals surface area (Å²) in [4.78, 5) is 10.7. The van der Waals surface area contributed by atoms with Gasteiger partial charge in [0.05, 0.1) is 22.2 Å². The van der Waals surface area contributed by atoms with Gasteiger partial charge in [-0.2, -0.15) is 0 Å². The summed E-state index contributed by atoms with van der Waals surface area (Å²) < 4.78 is 2.37. The molecule has 0 atom stereocenters. The van der Waals surface area contributed by atoms with Crippen LogP contribution in [0.4, 0.5) is 0 Å². The predicted molar refractivity (Wildman–Crippen MR) is 208 cm³/mol. The molecule has 2 heterocycles. The lowest BCUT2D eigenvalue weighted by Gasteiger charge is -2.24.